The van der Waals surface area contributed by atoms with Crippen LogP contribution >= 0.6 is 12.2 Å². The summed E-state index contributed by atoms with van der Waals surface area (Å²) in [5.41, 5.74) is 1.24. The lowest BCUT2D eigenvalue weighted by Crippen LogP contribution is -2.58. The van der Waals surface area contributed by atoms with Crippen molar-refractivity contribution in [3.8, 4) is 0 Å². The number of rotatable bonds is 2. The van der Waals surface area contributed by atoms with Gasteiger partial charge in [0.05, 0.1) is 11.1 Å². The summed E-state index contributed by atoms with van der Waals surface area (Å²) < 4.78 is 5.51. The van der Waals surface area contributed by atoms with Crippen LogP contribution in [-0.2, 0) is 4.74 Å². The highest BCUT2D eigenvalue weighted by atomic mass is 32.1. The second-order valence-corrected chi connectivity index (χ2v) is 5.84. The van der Waals surface area contributed by atoms with E-state index in [1.165, 1.54) is 5.56 Å². The summed E-state index contributed by atoms with van der Waals surface area (Å²) in [7, 11) is 1.80. The number of hydrogen-bond donors (Lipinski definition) is 2. The lowest BCUT2D eigenvalue weighted by atomic mass is 9.81. The maximum atomic E-state index is 5.56. The quantitative estimate of drug-likeness (QED) is 0.813. The highest BCUT2D eigenvalue weighted by Gasteiger charge is 2.38. The van der Waals surface area contributed by atoms with Gasteiger partial charge in [-0.1, -0.05) is 42.5 Å². The average Bonchev–Trinajstić information content (AvgIpc) is 2.47. The molecular formula is C15H20N2OS. The van der Waals surface area contributed by atoms with Crippen LogP contribution in [0.5, 0.6) is 0 Å². The number of thiocarbonyl (C=S) groups is 1. The first-order valence-corrected chi connectivity index (χ1v) is 7.33. The Morgan fingerprint density at radius 3 is 2.74 bits per heavy atom. The van der Waals surface area contributed by atoms with Crippen molar-refractivity contribution in [1.29, 1.82) is 0 Å². The fourth-order valence-corrected chi connectivity index (χ4v) is 3.57. The van der Waals surface area contributed by atoms with Crippen molar-refractivity contribution in [3.05, 3.63) is 35.9 Å². The van der Waals surface area contributed by atoms with Crippen LogP contribution in [0.1, 0.15) is 31.0 Å². The molecule has 1 aromatic carbocycles. The predicted octanol–water partition coefficient (Wildman–Crippen LogP) is 2.39. The van der Waals surface area contributed by atoms with Gasteiger partial charge in [-0.15, -0.1) is 0 Å². The molecule has 1 aromatic rings. The van der Waals surface area contributed by atoms with Crippen molar-refractivity contribution in [2.45, 2.75) is 37.6 Å². The lowest BCUT2D eigenvalue weighted by molar-refractivity contribution is 0.0439. The number of methoxy groups -OCH3 is 1. The van der Waals surface area contributed by atoms with Gasteiger partial charge in [-0.3, -0.25) is 5.32 Å². The SMILES string of the molecule is COC1CCC2C(=S)NC(c3ccccc3)NC2C1. The van der Waals surface area contributed by atoms with Crippen molar-refractivity contribution in [1.82, 2.24) is 10.6 Å². The fraction of sp³-hybridized carbons (Fsp3) is 0.533. The van der Waals surface area contributed by atoms with Gasteiger partial charge in [0.15, 0.2) is 0 Å². The van der Waals surface area contributed by atoms with E-state index in [0.717, 1.165) is 24.3 Å². The maximum Gasteiger partial charge on any atom is 0.104 e. The Labute approximate surface area is 119 Å². The first-order chi connectivity index (χ1) is 9.28. The van der Waals surface area contributed by atoms with Gasteiger partial charge in [0.2, 0.25) is 0 Å². The summed E-state index contributed by atoms with van der Waals surface area (Å²) >= 11 is 5.56. The third kappa shape index (κ3) is 2.66. The maximum absolute atomic E-state index is 5.56. The molecule has 1 aliphatic carbocycles. The molecule has 1 heterocycles. The third-order valence-corrected chi connectivity index (χ3v) is 4.69. The first kappa shape index (κ1) is 13.0. The van der Waals surface area contributed by atoms with Gasteiger partial charge in [0, 0.05) is 19.1 Å². The molecule has 102 valence electrons. The molecule has 1 saturated heterocycles. The van der Waals surface area contributed by atoms with Crippen LogP contribution in [-0.4, -0.2) is 24.2 Å². The second-order valence-electron chi connectivity index (χ2n) is 5.40. The Morgan fingerprint density at radius 1 is 1.21 bits per heavy atom. The van der Waals surface area contributed by atoms with Gasteiger partial charge >= 0.3 is 0 Å². The highest BCUT2D eigenvalue weighted by molar-refractivity contribution is 7.80. The zero-order valence-electron chi connectivity index (χ0n) is 11.1. The Morgan fingerprint density at radius 2 is 2.00 bits per heavy atom. The molecule has 0 spiro atoms. The Bertz CT molecular complexity index is 451. The minimum Gasteiger partial charge on any atom is -0.381 e. The summed E-state index contributed by atoms with van der Waals surface area (Å²) in [6, 6.07) is 10.8. The molecule has 2 aliphatic rings. The van der Waals surface area contributed by atoms with Crippen LogP contribution in [0.2, 0.25) is 0 Å². The summed E-state index contributed by atoms with van der Waals surface area (Å²) in [6.45, 7) is 0. The summed E-state index contributed by atoms with van der Waals surface area (Å²) in [5, 5.41) is 7.13. The van der Waals surface area contributed by atoms with Gasteiger partial charge < -0.3 is 10.1 Å². The minimum atomic E-state index is 0.130. The third-order valence-electron chi connectivity index (χ3n) is 4.27. The molecule has 0 radical (unpaired) electrons. The molecule has 3 rings (SSSR count). The van der Waals surface area contributed by atoms with Gasteiger partial charge in [0.25, 0.3) is 0 Å². The Kier molecular flexibility index (Phi) is 3.82. The molecule has 0 bridgehead atoms. The normalized spacial score (nSPS) is 34.5. The number of fused-ring (bicyclic) bond motifs is 1. The number of benzene rings is 1. The van der Waals surface area contributed by atoms with Crippen molar-refractivity contribution >= 4 is 17.2 Å². The molecule has 4 unspecified atom stereocenters. The molecule has 2 fully saturated rings. The van der Waals surface area contributed by atoms with Crippen LogP contribution in [0, 0.1) is 5.92 Å². The molecule has 4 heteroatoms. The summed E-state index contributed by atoms with van der Waals surface area (Å²) in [5.74, 6) is 0.460. The van der Waals surface area contributed by atoms with E-state index in [1.807, 2.05) is 6.07 Å². The average molecular weight is 276 g/mol. The zero-order chi connectivity index (χ0) is 13.2. The largest absolute Gasteiger partial charge is 0.381 e. The van der Waals surface area contributed by atoms with Crippen molar-refractivity contribution in [2.24, 2.45) is 5.92 Å². The smallest absolute Gasteiger partial charge is 0.104 e. The molecule has 1 saturated carbocycles. The van der Waals surface area contributed by atoms with Crippen LogP contribution in [0.3, 0.4) is 0 Å². The van der Waals surface area contributed by atoms with Crippen LogP contribution < -0.4 is 10.6 Å². The van der Waals surface area contributed by atoms with Gasteiger partial charge in [0.1, 0.15) is 6.17 Å². The van der Waals surface area contributed by atoms with E-state index < -0.39 is 0 Å². The van der Waals surface area contributed by atoms with Crippen LogP contribution in [0.25, 0.3) is 0 Å². The van der Waals surface area contributed by atoms with Crippen molar-refractivity contribution in [2.75, 3.05) is 7.11 Å². The number of nitrogens with one attached hydrogen (secondary N) is 2. The molecule has 4 atom stereocenters. The van der Waals surface area contributed by atoms with E-state index in [2.05, 4.69) is 34.9 Å². The monoisotopic (exact) mass is 276 g/mol. The second kappa shape index (κ2) is 5.57. The van der Waals surface area contributed by atoms with Crippen LogP contribution in [0.4, 0.5) is 0 Å². The summed E-state index contributed by atoms with van der Waals surface area (Å²) in [4.78, 5) is 1.01. The molecule has 0 amide bonds. The van der Waals surface area contributed by atoms with Crippen LogP contribution in [0.15, 0.2) is 30.3 Å². The van der Waals surface area contributed by atoms with E-state index in [4.69, 9.17) is 17.0 Å². The number of hydrogen-bond acceptors (Lipinski definition) is 3. The van der Waals surface area contributed by atoms with Crippen molar-refractivity contribution in [3.63, 3.8) is 0 Å². The van der Waals surface area contributed by atoms with Gasteiger partial charge in [-0.2, -0.15) is 0 Å². The highest BCUT2D eigenvalue weighted by Crippen LogP contribution is 2.32. The molecule has 0 aromatic heterocycles. The minimum absolute atomic E-state index is 0.130. The molecular weight excluding hydrogens is 256 g/mol. The molecule has 2 N–H and O–H groups in total. The van der Waals surface area contributed by atoms with Gasteiger partial charge in [-0.25, -0.2) is 0 Å². The standard InChI is InChI=1S/C15H20N2OS/c1-18-11-7-8-12-13(9-11)16-14(17-15(12)19)10-5-3-2-4-6-10/h2-6,11-14,16H,7-9H2,1H3,(H,17,19). The fourth-order valence-electron chi connectivity index (χ4n) is 3.17. The summed E-state index contributed by atoms with van der Waals surface area (Å²) in [6.07, 6.45) is 3.77. The predicted molar refractivity (Wildman–Crippen MR) is 80.0 cm³/mol. The molecule has 1 aliphatic heterocycles. The topological polar surface area (TPSA) is 33.3 Å². The van der Waals surface area contributed by atoms with E-state index in [9.17, 15) is 0 Å². The molecule has 3 nitrogen and oxygen atoms in total. The Balaban J connectivity index is 1.76. The van der Waals surface area contributed by atoms with Gasteiger partial charge in [-0.05, 0) is 24.8 Å². The zero-order valence-corrected chi connectivity index (χ0v) is 12.0. The Hall–Kier alpha value is -0.970. The van der Waals surface area contributed by atoms with E-state index in [-0.39, 0.29) is 6.17 Å². The first-order valence-electron chi connectivity index (χ1n) is 6.92. The molecule has 19 heavy (non-hydrogen) atoms. The van der Waals surface area contributed by atoms with E-state index in [0.29, 0.717) is 18.1 Å². The van der Waals surface area contributed by atoms with E-state index in [1.54, 1.807) is 7.11 Å². The van der Waals surface area contributed by atoms with Crippen molar-refractivity contribution < 1.29 is 4.74 Å². The number of ether oxygens (including phenoxy) is 1. The van der Waals surface area contributed by atoms with E-state index >= 15 is 0 Å². The lowest BCUT2D eigenvalue weighted by Gasteiger charge is -2.44.